The molecule has 1 fully saturated rings. The summed E-state index contributed by atoms with van der Waals surface area (Å²) < 4.78 is 0. The second kappa shape index (κ2) is 6.01. The van der Waals surface area contributed by atoms with Crippen molar-refractivity contribution in [3.63, 3.8) is 0 Å². The zero-order valence-corrected chi connectivity index (χ0v) is 10.9. The lowest BCUT2D eigenvalue weighted by molar-refractivity contribution is -0.132. The number of amides is 1. The second-order valence-corrected chi connectivity index (χ2v) is 5.11. The minimum absolute atomic E-state index is 0.209. The predicted molar refractivity (Wildman–Crippen MR) is 71.3 cm³/mol. The highest BCUT2D eigenvalue weighted by molar-refractivity contribution is 5.79. The van der Waals surface area contributed by atoms with Crippen LogP contribution in [0.25, 0.3) is 0 Å². The van der Waals surface area contributed by atoms with E-state index in [4.69, 9.17) is 5.11 Å². The molecular weight excluding hydrogens is 226 g/mol. The number of aliphatic hydroxyl groups excluding tert-OH is 1. The number of hydrogen-bond acceptors (Lipinski definition) is 2. The molecule has 0 bridgehead atoms. The fraction of sp³-hybridized carbons (Fsp3) is 0.533. The van der Waals surface area contributed by atoms with Crippen LogP contribution in [-0.2, 0) is 11.2 Å². The summed E-state index contributed by atoms with van der Waals surface area (Å²) in [6.45, 7) is 3.87. The van der Waals surface area contributed by atoms with Crippen molar-refractivity contribution in [2.75, 3.05) is 19.7 Å². The Morgan fingerprint density at radius 3 is 2.61 bits per heavy atom. The van der Waals surface area contributed by atoms with Crippen LogP contribution in [0.15, 0.2) is 24.3 Å². The molecule has 1 aromatic rings. The third kappa shape index (κ3) is 3.10. The molecule has 1 aliphatic heterocycles. The van der Waals surface area contributed by atoms with E-state index in [2.05, 4.69) is 0 Å². The zero-order valence-electron chi connectivity index (χ0n) is 10.9. The Kier molecular flexibility index (Phi) is 4.37. The maximum absolute atomic E-state index is 12.2. The van der Waals surface area contributed by atoms with Gasteiger partial charge in [-0.25, -0.2) is 0 Å². The van der Waals surface area contributed by atoms with Crippen LogP contribution in [0, 0.1) is 12.8 Å². The van der Waals surface area contributed by atoms with Crippen LogP contribution in [0.1, 0.15) is 24.0 Å². The van der Waals surface area contributed by atoms with E-state index in [-0.39, 0.29) is 12.5 Å². The van der Waals surface area contributed by atoms with E-state index in [1.807, 2.05) is 36.1 Å². The number of benzene rings is 1. The van der Waals surface area contributed by atoms with Gasteiger partial charge in [0.05, 0.1) is 6.42 Å². The maximum atomic E-state index is 12.2. The molecule has 0 aliphatic carbocycles. The van der Waals surface area contributed by atoms with E-state index in [9.17, 15) is 4.79 Å². The molecule has 0 spiro atoms. The number of aryl methyl sites for hydroxylation is 1. The van der Waals surface area contributed by atoms with Gasteiger partial charge in [-0.1, -0.05) is 24.3 Å². The molecular formula is C15H21NO2. The van der Waals surface area contributed by atoms with Crippen LogP contribution >= 0.6 is 0 Å². The van der Waals surface area contributed by atoms with Crippen molar-refractivity contribution < 1.29 is 9.90 Å². The molecule has 1 aromatic carbocycles. The molecule has 98 valence electrons. The summed E-state index contributed by atoms with van der Waals surface area (Å²) in [5, 5.41) is 9.08. The average molecular weight is 247 g/mol. The van der Waals surface area contributed by atoms with Crippen LogP contribution in [0.5, 0.6) is 0 Å². The van der Waals surface area contributed by atoms with Crippen LogP contribution in [0.4, 0.5) is 0 Å². The number of carbonyl (C=O) groups is 1. The summed E-state index contributed by atoms with van der Waals surface area (Å²) in [7, 11) is 0. The topological polar surface area (TPSA) is 40.5 Å². The molecule has 0 radical (unpaired) electrons. The van der Waals surface area contributed by atoms with Crippen molar-refractivity contribution in [3.8, 4) is 0 Å². The number of likely N-dealkylation sites (tertiary alicyclic amines) is 1. The van der Waals surface area contributed by atoms with Crippen LogP contribution in [0.3, 0.4) is 0 Å². The van der Waals surface area contributed by atoms with E-state index < -0.39 is 0 Å². The summed E-state index contributed by atoms with van der Waals surface area (Å²) >= 11 is 0. The van der Waals surface area contributed by atoms with Crippen molar-refractivity contribution in [1.82, 2.24) is 4.90 Å². The highest BCUT2D eigenvalue weighted by atomic mass is 16.3. The van der Waals surface area contributed by atoms with Gasteiger partial charge in [-0.15, -0.1) is 0 Å². The van der Waals surface area contributed by atoms with Crippen LogP contribution in [-0.4, -0.2) is 35.6 Å². The number of aliphatic hydroxyl groups is 1. The fourth-order valence-corrected chi connectivity index (χ4v) is 2.45. The Labute approximate surface area is 108 Å². The molecule has 0 saturated carbocycles. The first-order chi connectivity index (χ1) is 8.70. The van der Waals surface area contributed by atoms with Gasteiger partial charge in [0.2, 0.25) is 5.91 Å². The van der Waals surface area contributed by atoms with Crippen LogP contribution in [0.2, 0.25) is 0 Å². The highest BCUT2D eigenvalue weighted by Gasteiger charge is 2.22. The Balaban J connectivity index is 1.91. The number of piperidine rings is 1. The average Bonchev–Trinajstić information content (AvgIpc) is 2.41. The van der Waals surface area contributed by atoms with Gasteiger partial charge in [0.15, 0.2) is 0 Å². The molecule has 1 saturated heterocycles. The predicted octanol–water partition coefficient (Wildman–Crippen LogP) is 1.77. The molecule has 0 unspecified atom stereocenters. The third-order valence-corrected chi connectivity index (χ3v) is 3.83. The van der Waals surface area contributed by atoms with Crippen molar-refractivity contribution in [3.05, 3.63) is 35.4 Å². The fourth-order valence-electron chi connectivity index (χ4n) is 2.45. The first-order valence-corrected chi connectivity index (χ1v) is 6.64. The van der Waals surface area contributed by atoms with E-state index in [0.717, 1.165) is 31.5 Å². The van der Waals surface area contributed by atoms with Gasteiger partial charge in [0.25, 0.3) is 0 Å². The Bertz CT molecular complexity index is 409. The zero-order chi connectivity index (χ0) is 13.0. The van der Waals surface area contributed by atoms with Crippen molar-refractivity contribution in [2.24, 2.45) is 5.92 Å². The molecule has 0 atom stereocenters. The number of rotatable bonds is 3. The lowest BCUT2D eigenvalue weighted by Gasteiger charge is -2.31. The molecule has 3 nitrogen and oxygen atoms in total. The van der Waals surface area contributed by atoms with Gasteiger partial charge in [-0.2, -0.15) is 0 Å². The third-order valence-electron chi connectivity index (χ3n) is 3.83. The molecule has 1 N–H and O–H groups in total. The molecule has 18 heavy (non-hydrogen) atoms. The standard InChI is InChI=1S/C15H21NO2/c1-12-4-2-3-5-14(12)10-15(18)16-8-6-13(11-17)7-9-16/h2-5,13,17H,6-11H2,1H3. The summed E-state index contributed by atoms with van der Waals surface area (Å²) in [4.78, 5) is 14.1. The monoisotopic (exact) mass is 247 g/mol. The smallest absolute Gasteiger partial charge is 0.226 e. The minimum Gasteiger partial charge on any atom is -0.396 e. The van der Waals surface area contributed by atoms with Gasteiger partial charge < -0.3 is 10.0 Å². The molecule has 1 heterocycles. The first-order valence-electron chi connectivity index (χ1n) is 6.64. The van der Waals surface area contributed by atoms with Crippen molar-refractivity contribution in [1.29, 1.82) is 0 Å². The van der Waals surface area contributed by atoms with Crippen molar-refractivity contribution >= 4 is 5.91 Å². The maximum Gasteiger partial charge on any atom is 0.226 e. The summed E-state index contributed by atoms with van der Waals surface area (Å²) in [6.07, 6.45) is 2.35. The quantitative estimate of drug-likeness (QED) is 0.884. The second-order valence-electron chi connectivity index (χ2n) is 5.11. The lowest BCUT2D eigenvalue weighted by atomic mass is 9.97. The lowest BCUT2D eigenvalue weighted by Crippen LogP contribution is -2.40. The van der Waals surface area contributed by atoms with Crippen molar-refractivity contribution in [2.45, 2.75) is 26.2 Å². The molecule has 0 aromatic heterocycles. The molecule has 1 aliphatic rings. The van der Waals surface area contributed by atoms with E-state index >= 15 is 0 Å². The van der Waals surface area contributed by atoms with Crippen LogP contribution < -0.4 is 0 Å². The largest absolute Gasteiger partial charge is 0.396 e. The van der Waals surface area contributed by atoms with E-state index in [0.29, 0.717) is 12.3 Å². The highest BCUT2D eigenvalue weighted by Crippen LogP contribution is 2.18. The Morgan fingerprint density at radius 2 is 2.00 bits per heavy atom. The van der Waals surface area contributed by atoms with E-state index in [1.54, 1.807) is 0 Å². The van der Waals surface area contributed by atoms with Gasteiger partial charge in [-0.05, 0) is 36.8 Å². The molecule has 1 amide bonds. The SMILES string of the molecule is Cc1ccccc1CC(=O)N1CCC(CO)CC1. The first kappa shape index (κ1) is 13.1. The molecule has 2 rings (SSSR count). The van der Waals surface area contributed by atoms with Gasteiger partial charge in [-0.3, -0.25) is 4.79 Å². The Morgan fingerprint density at radius 1 is 1.33 bits per heavy atom. The number of nitrogens with zero attached hydrogens (tertiary/aromatic N) is 1. The molecule has 3 heteroatoms. The number of hydrogen-bond donors (Lipinski definition) is 1. The van der Waals surface area contributed by atoms with Gasteiger partial charge in [0, 0.05) is 19.7 Å². The summed E-state index contributed by atoms with van der Waals surface area (Å²) in [5.41, 5.74) is 2.29. The summed E-state index contributed by atoms with van der Waals surface area (Å²) in [5.74, 6) is 0.591. The number of carbonyl (C=O) groups excluding carboxylic acids is 1. The summed E-state index contributed by atoms with van der Waals surface area (Å²) in [6, 6.07) is 8.04. The Hall–Kier alpha value is -1.35. The van der Waals surface area contributed by atoms with Gasteiger partial charge >= 0.3 is 0 Å². The van der Waals surface area contributed by atoms with E-state index in [1.165, 1.54) is 5.56 Å². The normalized spacial score (nSPS) is 16.9. The minimum atomic E-state index is 0.209. The van der Waals surface area contributed by atoms with Gasteiger partial charge in [0.1, 0.15) is 0 Å².